The van der Waals surface area contributed by atoms with Gasteiger partial charge in [-0.05, 0) is 54.5 Å². The van der Waals surface area contributed by atoms with Crippen LogP contribution in [0.2, 0.25) is 0 Å². The van der Waals surface area contributed by atoms with Gasteiger partial charge in [0.05, 0.1) is 10.9 Å². The molecule has 4 rings (SSSR count). The lowest BCUT2D eigenvalue weighted by atomic mass is 10.0. The highest BCUT2D eigenvalue weighted by atomic mass is 32.2. The van der Waals surface area contributed by atoms with E-state index >= 15 is 0 Å². The molecule has 3 aromatic carbocycles. The van der Waals surface area contributed by atoms with Gasteiger partial charge >= 0.3 is 0 Å². The third-order valence-corrected chi connectivity index (χ3v) is 5.98. The third-order valence-electron chi connectivity index (χ3n) is 4.94. The lowest BCUT2D eigenvalue weighted by Crippen LogP contribution is -2.23. The van der Waals surface area contributed by atoms with E-state index in [0.717, 1.165) is 28.1 Å². The Balaban J connectivity index is 1.52. The Labute approximate surface area is 185 Å². The van der Waals surface area contributed by atoms with Crippen LogP contribution >= 0.6 is 11.8 Å². The van der Waals surface area contributed by atoms with E-state index < -0.39 is 0 Å². The summed E-state index contributed by atoms with van der Waals surface area (Å²) in [4.78, 5) is 13.0. The Hall–Kier alpha value is -3.45. The van der Waals surface area contributed by atoms with Gasteiger partial charge in [-0.25, -0.2) is 0 Å². The quantitative estimate of drug-likeness (QED) is 0.434. The molecule has 0 aliphatic rings. The smallest absolute Gasteiger partial charge is 0.237 e. The van der Waals surface area contributed by atoms with Crippen molar-refractivity contribution < 1.29 is 4.79 Å². The molecule has 0 aliphatic heterocycles. The normalized spacial score (nSPS) is 11.8. The van der Waals surface area contributed by atoms with Crippen molar-refractivity contribution in [2.45, 2.75) is 31.2 Å². The third kappa shape index (κ3) is 4.67. The summed E-state index contributed by atoms with van der Waals surface area (Å²) in [6.45, 7) is 5.92. The van der Waals surface area contributed by atoms with Crippen LogP contribution in [0.3, 0.4) is 0 Å². The number of nitrogens with zero attached hydrogens (tertiary/aromatic N) is 4. The number of carbonyl (C=O) groups excluding carboxylic acids is 1. The minimum atomic E-state index is -0.390. The van der Waals surface area contributed by atoms with Gasteiger partial charge in [0.1, 0.15) is 0 Å². The van der Waals surface area contributed by atoms with Crippen LogP contribution in [0.25, 0.3) is 16.8 Å². The zero-order valence-electron chi connectivity index (χ0n) is 17.6. The van der Waals surface area contributed by atoms with E-state index in [1.165, 1.54) is 17.3 Å². The van der Waals surface area contributed by atoms with Crippen LogP contribution in [-0.4, -0.2) is 31.4 Å². The molecule has 0 spiro atoms. The molecule has 0 saturated heterocycles. The lowest BCUT2D eigenvalue weighted by molar-refractivity contribution is -0.115. The summed E-state index contributed by atoms with van der Waals surface area (Å²) in [5.74, 6) is -0.108. The predicted molar refractivity (Wildman–Crippen MR) is 124 cm³/mol. The fourth-order valence-corrected chi connectivity index (χ4v) is 4.15. The highest BCUT2D eigenvalue weighted by molar-refractivity contribution is 8.00. The Bertz CT molecular complexity index is 1210. The second-order valence-corrected chi connectivity index (χ2v) is 8.63. The van der Waals surface area contributed by atoms with Gasteiger partial charge in [0, 0.05) is 11.3 Å². The first-order valence-corrected chi connectivity index (χ1v) is 10.9. The maximum atomic E-state index is 13.0. The molecule has 1 heterocycles. The Morgan fingerprint density at radius 1 is 1.00 bits per heavy atom. The highest BCUT2D eigenvalue weighted by Crippen LogP contribution is 2.29. The Morgan fingerprint density at radius 3 is 2.52 bits per heavy atom. The van der Waals surface area contributed by atoms with Crippen LogP contribution in [-0.2, 0) is 4.79 Å². The maximum absolute atomic E-state index is 13.0. The number of hydrogen-bond acceptors (Lipinski definition) is 5. The molecule has 0 saturated carbocycles. The number of hydrogen-bond donors (Lipinski definition) is 1. The van der Waals surface area contributed by atoms with E-state index in [0.29, 0.717) is 5.16 Å². The SMILES string of the molecule is Cc1ccc(-n2nnnc2S[C@H](C)C(=O)Nc2ccccc2-c2ccccc2)c(C)c1. The average molecular weight is 430 g/mol. The molecule has 4 aromatic rings. The molecule has 7 heteroatoms. The predicted octanol–water partition coefficient (Wildman–Crippen LogP) is 5.07. The Kier molecular flexibility index (Phi) is 6.13. The minimum Gasteiger partial charge on any atom is -0.325 e. The molecule has 1 aromatic heterocycles. The van der Waals surface area contributed by atoms with Crippen molar-refractivity contribution in [3.05, 3.63) is 83.9 Å². The number of para-hydroxylation sites is 1. The fourth-order valence-electron chi connectivity index (χ4n) is 3.35. The van der Waals surface area contributed by atoms with E-state index in [1.54, 1.807) is 4.68 Å². The van der Waals surface area contributed by atoms with Crippen molar-refractivity contribution >= 4 is 23.4 Å². The number of aromatic nitrogens is 4. The van der Waals surface area contributed by atoms with E-state index in [-0.39, 0.29) is 11.2 Å². The van der Waals surface area contributed by atoms with Gasteiger partial charge in [-0.1, -0.05) is 78.0 Å². The van der Waals surface area contributed by atoms with Crippen LogP contribution in [0.1, 0.15) is 18.1 Å². The number of benzene rings is 3. The first-order chi connectivity index (χ1) is 15.0. The van der Waals surface area contributed by atoms with Crippen molar-refractivity contribution in [2.24, 2.45) is 0 Å². The summed E-state index contributed by atoms with van der Waals surface area (Å²) in [7, 11) is 0. The van der Waals surface area contributed by atoms with Crippen molar-refractivity contribution in [2.75, 3.05) is 5.32 Å². The number of amides is 1. The molecule has 1 atom stereocenters. The molecule has 1 amide bonds. The fraction of sp³-hybridized carbons (Fsp3) is 0.167. The maximum Gasteiger partial charge on any atom is 0.237 e. The van der Waals surface area contributed by atoms with Gasteiger partial charge in [-0.3, -0.25) is 4.79 Å². The molecule has 0 bridgehead atoms. The summed E-state index contributed by atoms with van der Waals surface area (Å²) >= 11 is 1.33. The second-order valence-electron chi connectivity index (χ2n) is 7.32. The first kappa shape index (κ1) is 20.8. The summed E-state index contributed by atoms with van der Waals surface area (Å²) in [5.41, 5.74) is 5.96. The molecule has 0 aliphatic carbocycles. The van der Waals surface area contributed by atoms with Crippen LogP contribution < -0.4 is 5.32 Å². The molecular weight excluding hydrogens is 406 g/mol. The van der Waals surface area contributed by atoms with Crippen LogP contribution in [0.4, 0.5) is 5.69 Å². The zero-order chi connectivity index (χ0) is 21.8. The summed E-state index contributed by atoms with van der Waals surface area (Å²) in [6, 6.07) is 23.9. The number of anilines is 1. The monoisotopic (exact) mass is 429 g/mol. The summed E-state index contributed by atoms with van der Waals surface area (Å²) < 4.78 is 1.68. The number of thioether (sulfide) groups is 1. The second kappa shape index (κ2) is 9.14. The van der Waals surface area contributed by atoms with E-state index in [9.17, 15) is 4.79 Å². The summed E-state index contributed by atoms with van der Waals surface area (Å²) in [5, 5.41) is 15.3. The Morgan fingerprint density at radius 2 is 1.74 bits per heavy atom. The molecule has 0 radical (unpaired) electrons. The van der Waals surface area contributed by atoms with Crippen molar-refractivity contribution in [3.8, 4) is 16.8 Å². The topological polar surface area (TPSA) is 72.7 Å². The van der Waals surface area contributed by atoms with E-state index in [1.807, 2.05) is 87.5 Å². The molecule has 6 nitrogen and oxygen atoms in total. The number of carbonyl (C=O) groups is 1. The van der Waals surface area contributed by atoms with Crippen LogP contribution in [0.15, 0.2) is 78.0 Å². The molecule has 1 N–H and O–H groups in total. The molecule has 0 unspecified atom stereocenters. The van der Waals surface area contributed by atoms with Crippen molar-refractivity contribution in [1.29, 1.82) is 0 Å². The van der Waals surface area contributed by atoms with Gasteiger partial charge in [0.15, 0.2) is 0 Å². The molecule has 0 fully saturated rings. The van der Waals surface area contributed by atoms with E-state index in [2.05, 4.69) is 26.9 Å². The van der Waals surface area contributed by atoms with Crippen LogP contribution in [0.5, 0.6) is 0 Å². The van der Waals surface area contributed by atoms with Gasteiger partial charge in [0.25, 0.3) is 0 Å². The van der Waals surface area contributed by atoms with Crippen molar-refractivity contribution in [3.63, 3.8) is 0 Å². The van der Waals surface area contributed by atoms with Gasteiger partial charge < -0.3 is 5.32 Å². The van der Waals surface area contributed by atoms with Gasteiger partial charge in [-0.2, -0.15) is 4.68 Å². The number of tetrazole rings is 1. The average Bonchev–Trinajstić information content (AvgIpc) is 3.22. The molecule has 31 heavy (non-hydrogen) atoms. The van der Waals surface area contributed by atoms with E-state index in [4.69, 9.17) is 0 Å². The highest BCUT2D eigenvalue weighted by Gasteiger charge is 2.21. The van der Waals surface area contributed by atoms with Gasteiger partial charge in [0.2, 0.25) is 11.1 Å². The first-order valence-electron chi connectivity index (χ1n) is 10.0. The minimum absolute atomic E-state index is 0.108. The van der Waals surface area contributed by atoms with Crippen LogP contribution in [0, 0.1) is 13.8 Å². The number of nitrogens with one attached hydrogen (secondary N) is 1. The van der Waals surface area contributed by atoms with Gasteiger partial charge in [-0.15, -0.1) is 5.10 Å². The number of rotatable bonds is 6. The summed E-state index contributed by atoms with van der Waals surface area (Å²) in [6.07, 6.45) is 0. The zero-order valence-corrected chi connectivity index (χ0v) is 18.4. The molecule has 156 valence electrons. The standard InChI is InChI=1S/C24H23N5OS/c1-16-13-14-22(17(2)15-16)29-24(26-27-28-29)31-18(3)23(30)25-21-12-8-7-11-20(21)19-9-5-4-6-10-19/h4-15,18H,1-3H3,(H,25,30)/t18-/m1/s1. The molecular formula is C24H23N5OS. The lowest BCUT2D eigenvalue weighted by Gasteiger charge is -2.15. The number of aryl methyl sites for hydroxylation is 2. The largest absolute Gasteiger partial charge is 0.325 e. The van der Waals surface area contributed by atoms with Crippen molar-refractivity contribution in [1.82, 2.24) is 20.2 Å².